The van der Waals surface area contributed by atoms with Crippen molar-refractivity contribution in [2.45, 2.75) is 38.6 Å². The topological polar surface area (TPSA) is 95.9 Å². The number of aliphatic carboxylic acids is 1. The molecule has 0 aromatic heterocycles. The number of hydrogen-bond donors (Lipinski definition) is 2. The van der Waals surface area contributed by atoms with Crippen molar-refractivity contribution in [3.8, 4) is 11.1 Å². The number of carboxylic acids is 1. The fourth-order valence-corrected chi connectivity index (χ4v) is 4.84. The summed E-state index contributed by atoms with van der Waals surface area (Å²) >= 11 is 0. The highest BCUT2D eigenvalue weighted by atomic mass is 16.5. The number of alkyl carbamates (subject to hydrolysis) is 1. The maximum absolute atomic E-state index is 12.9. The fourth-order valence-electron chi connectivity index (χ4n) is 4.84. The first kappa shape index (κ1) is 22.8. The average molecular weight is 451 g/mol. The smallest absolute Gasteiger partial charge is 0.407 e. The van der Waals surface area contributed by atoms with Crippen LogP contribution in [0, 0.1) is 11.8 Å². The lowest BCUT2D eigenvalue weighted by Gasteiger charge is -2.40. The van der Waals surface area contributed by atoms with Crippen LogP contribution >= 0.6 is 0 Å². The molecule has 7 heteroatoms. The molecule has 0 spiro atoms. The lowest BCUT2D eigenvalue weighted by Crippen LogP contribution is -2.57. The first-order valence-electron chi connectivity index (χ1n) is 11.5. The minimum Gasteiger partial charge on any atom is -0.480 e. The van der Waals surface area contributed by atoms with Crippen LogP contribution in [0.5, 0.6) is 0 Å². The molecule has 2 unspecified atom stereocenters. The van der Waals surface area contributed by atoms with Crippen LogP contribution in [0.2, 0.25) is 0 Å². The SMILES string of the molecule is CC(C)CC(CNC(=O)OCC1c2ccccc2-c2ccccc21)C(=O)N1CCC1C(=O)O. The number of rotatable bonds is 8. The summed E-state index contributed by atoms with van der Waals surface area (Å²) in [5.74, 6) is -1.49. The number of amides is 2. The third-order valence-electron chi connectivity index (χ3n) is 6.53. The van der Waals surface area contributed by atoms with E-state index in [0.29, 0.717) is 19.4 Å². The molecule has 2 aliphatic rings. The zero-order valence-corrected chi connectivity index (χ0v) is 19.0. The van der Waals surface area contributed by atoms with E-state index in [0.717, 1.165) is 22.3 Å². The summed E-state index contributed by atoms with van der Waals surface area (Å²) in [5.41, 5.74) is 4.59. The highest BCUT2D eigenvalue weighted by molar-refractivity contribution is 5.87. The standard InChI is InChI=1S/C26H30N2O5/c1-16(2)13-17(24(29)28-12-11-23(28)25(30)31)14-27-26(32)33-15-22-20-9-5-3-7-18(20)19-8-4-6-10-21(19)22/h3-10,16-17,22-23H,11-15H2,1-2H3,(H,27,32)(H,30,31). The van der Waals surface area contributed by atoms with Crippen LogP contribution in [0.1, 0.15) is 43.7 Å². The van der Waals surface area contributed by atoms with E-state index in [1.807, 2.05) is 38.1 Å². The largest absolute Gasteiger partial charge is 0.480 e. The van der Waals surface area contributed by atoms with Crippen molar-refractivity contribution in [1.29, 1.82) is 0 Å². The van der Waals surface area contributed by atoms with Crippen molar-refractivity contribution in [2.24, 2.45) is 11.8 Å². The van der Waals surface area contributed by atoms with Gasteiger partial charge in [0.1, 0.15) is 12.6 Å². The van der Waals surface area contributed by atoms with Crippen molar-refractivity contribution >= 4 is 18.0 Å². The van der Waals surface area contributed by atoms with Gasteiger partial charge in [0, 0.05) is 19.0 Å². The molecule has 2 aromatic carbocycles. The van der Waals surface area contributed by atoms with Gasteiger partial charge in [-0.3, -0.25) is 4.79 Å². The molecule has 2 amide bonds. The van der Waals surface area contributed by atoms with Crippen LogP contribution in [0.15, 0.2) is 48.5 Å². The van der Waals surface area contributed by atoms with Crippen LogP contribution in [0.25, 0.3) is 11.1 Å². The Morgan fingerprint density at radius 2 is 1.67 bits per heavy atom. The molecule has 2 atom stereocenters. The van der Waals surface area contributed by atoms with E-state index >= 15 is 0 Å². The summed E-state index contributed by atoms with van der Waals surface area (Å²) < 4.78 is 5.57. The summed E-state index contributed by atoms with van der Waals surface area (Å²) in [4.78, 5) is 38.1. The average Bonchev–Trinajstić information content (AvgIpc) is 3.07. The van der Waals surface area contributed by atoms with Crippen LogP contribution in [-0.2, 0) is 14.3 Å². The minimum atomic E-state index is -0.984. The molecular formula is C26H30N2O5. The van der Waals surface area contributed by atoms with E-state index in [9.17, 15) is 19.5 Å². The molecule has 1 aliphatic carbocycles. The number of carbonyl (C=O) groups excluding carboxylic acids is 2. The predicted octanol–water partition coefficient (Wildman–Crippen LogP) is 3.87. The first-order valence-corrected chi connectivity index (χ1v) is 11.5. The molecule has 1 heterocycles. The van der Waals surface area contributed by atoms with Crippen molar-refractivity contribution in [3.05, 3.63) is 59.7 Å². The lowest BCUT2D eigenvalue weighted by molar-refractivity contribution is -0.159. The molecule has 2 aromatic rings. The van der Waals surface area contributed by atoms with Gasteiger partial charge in [-0.15, -0.1) is 0 Å². The van der Waals surface area contributed by atoms with Gasteiger partial charge in [-0.05, 0) is 41.0 Å². The van der Waals surface area contributed by atoms with Crippen molar-refractivity contribution in [3.63, 3.8) is 0 Å². The molecule has 1 saturated heterocycles. The van der Waals surface area contributed by atoms with Crippen LogP contribution in [0.3, 0.4) is 0 Å². The number of nitrogens with zero attached hydrogens (tertiary/aromatic N) is 1. The number of carboxylic acid groups (broad SMARTS) is 1. The van der Waals surface area contributed by atoms with Gasteiger partial charge in [-0.2, -0.15) is 0 Å². The number of hydrogen-bond acceptors (Lipinski definition) is 4. The molecule has 174 valence electrons. The second-order valence-corrected chi connectivity index (χ2v) is 9.21. The zero-order valence-electron chi connectivity index (χ0n) is 19.0. The predicted molar refractivity (Wildman–Crippen MR) is 124 cm³/mol. The summed E-state index contributed by atoms with van der Waals surface area (Å²) in [6.07, 6.45) is 0.456. The number of carbonyl (C=O) groups is 3. The third-order valence-corrected chi connectivity index (χ3v) is 6.53. The number of likely N-dealkylation sites (tertiary alicyclic amines) is 1. The molecule has 0 bridgehead atoms. The van der Waals surface area contributed by atoms with Gasteiger partial charge >= 0.3 is 12.1 Å². The number of fused-ring (bicyclic) bond motifs is 3. The second-order valence-electron chi connectivity index (χ2n) is 9.21. The molecule has 0 radical (unpaired) electrons. The minimum absolute atomic E-state index is 0.0337. The van der Waals surface area contributed by atoms with Crippen LogP contribution in [0.4, 0.5) is 4.79 Å². The Balaban J connectivity index is 1.36. The van der Waals surface area contributed by atoms with Gasteiger partial charge in [0.15, 0.2) is 0 Å². The summed E-state index contributed by atoms with van der Waals surface area (Å²) in [6, 6.07) is 15.5. The summed E-state index contributed by atoms with van der Waals surface area (Å²) in [7, 11) is 0. The van der Waals surface area contributed by atoms with E-state index < -0.39 is 24.0 Å². The number of nitrogens with one attached hydrogen (secondary N) is 1. The molecule has 1 fully saturated rings. The first-order chi connectivity index (χ1) is 15.9. The van der Waals surface area contributed by atoms with Crippen molar-refractivity contribution in [1.82, 2.24) is 10.2 Å². The maximum atomic E-state index is 12.9. The van der Waals surface area contributed by atoms with E-state index in [2.05, 4.69) is 29.6 Å². The van der Waals surface area contributed by atoms with Gasteiger partial charge in [0.05, 0.1) is 5.92 Å². The van der Waals surface area contributed by atoms with Gasteiger partial charge in [0.2, 0.25) is 5.91 Å². The molecule has 0 saturated carbocycles. The molecular weight excluding hydrogens is 420 g/mol. The highest BCUT2D eigenvalue weighted by Gasteiger charge is 2.40. The Morgan fingerprint density at radius 1 is 1.06 bits per heavy atom. The maximum Gasteiger partial charge on any atom is 0.407 e. The van der Waals surface area contributed by atoms with E-state index in [-0.39, 0.29) is 30.9 Å². The van der Waals surface area contributed by atoms with Crippen LogP contribution < -0.4 is 5.32 Å². The Kier molecular flexibility index (Phi) is 6.67. The lowest BCUT2D eigenvalue weighted by atomic mass is 9.92. The highest BCUT2D eigenvalue weighted by Crippen LogP contribution is 2.44. The van der Waals surface area contributed by atoms with Crippen molar-refractivity contribution < 1.29 is 24.2 Å². The van der Waals surface area contributed by atoms with Gasteiger partial charge in [0.25, 0.3) is 0 Å². The molecule has 33 heavy (non-hydrogen) atoms. The molecule has 4 rings (SSSR count). The quantitative estimate of drug-likeness (QED) is 0.637. The Labute approximate surface area is 193 Å². The molecule has 7 nitrogen and oxygen atoms in total. The Hall–Kier alpha value is -3.35. The molecule has 1 aliphatic heterocycles. The van der Waals surface area contributed by atoms with Gasteiger partial charge < -0.3 is 20.1 Å². The summed E-state index contributed by atoms with van der Waals surface area (Å²) in [5, 5.41) is 12.0. The van der Waals surface area contributed by atoms with E-state index in [1.54, 1.807) is 0 Å². The normalized spacial score (nSPS) is 17.7. The van der Waals surface area contributed by atoms with Crippen LogP contribution in [-0.4, -0.2) is 53.7 Å². The van der Waals surface area contributed by atoms with Gasteiger partial charge in [-0.25, -0.2) is 9.59 Å². The number of benzene rings is 2. The second kappa shape index (κ2) is 9.65. The Bertz CT molecular complexity index is 1000. The monoisotopic (exact) mass is 450 g/mol. The molecule has 2 N–H and O–H groups in total. The Morgan fingerprint density at radius 3 is 2.18 bits per heavy atom. The summed E-state index contributed by atoms with van der Waals surface area (Å²) in [6.45, 7) is 4.76. The fraction of sp³-hybridized carbons (Fsp3) is 0.423. The number of ether oxygens (including phenoxy) is 1. The third kappa shape index (κ3) is 4.72. The van der Waals surface area contributed by atoms with Gasteiger partial charge in [-0.1, -0.05) is 62.4 Å². The zero-order chi connectivity index (χ0) is 23.5. The van der Waals surface area contributed by atoms with E-state index in [4.69, 9.17) is 4.74 Å². The van der Waals surface area contributed by atoms with Crippen molar-refractivity contribution in [2.75, 3.05) is 19.7 Å². The van der Waals surface area contributed by atoms with E-state index in [1.165, 1.54) is 4.90 Å².